The van der Waals surface area contributed by atoms with E-state index in [0.29, 0.717) is 29.7 Å². The highest BCUT2D eigenvalue weighted by atomic mass is 16.5. The van der Waals surface area contributed by atoms with Crippen molar-refractivity contribution in [2.75, 3.05) is 30.0 Å². The summed E-state index contributed by atoms with van der Waals surface area (Å²) in [4.78, 5) is 36.7. The van der Waals surface area contributed by atoms with Gasteiger partial charge in [-0.05, 0) is 62.8 Å². The van der Waals surface area contributed by atoms with Gasteiger partial charge in [0.25, 0.3) is 5.91 Å². The smallest absolute Gasteiger partial charge is 0.271 e. The number of rotatable bonds is 9. The summed E-state index contributed by atoms with van der Waals surface area (Å²) in [5.74, 6) is 1.36. The van der Waals surface area contributed by atoms with Gasteiger partial charge in [-0.2, -0.15) is 5.10 Å². The van der Waals surface area contributed by atoms with E-state index in [4.69, 9.17) is 15.5 Å². The molecule has 0 bridgehead atoms. The van der Waals surface area contributed by atoms with Crippen LogP contribution in [0.4, 0.5) is 17.3 Å². The average Bonchev–Trinajstić information content (AvgIpc) is 3.73. The SMILES string of the molecule is C[C@@H]1[C@H](CC(=O)c2ccc(C3CC3)cc2)CCCN1c1cnc(C(N)=O)c(Nc2cnn(C3CCOCC3)c2)n1. The summed E-state index contributed by atoms with van der Waals surface area (Å²) in [6.45, 7) is 4.38. The van der Waals surface area contributed by atoms with Crippen molar-refractivity contribution in [3.8, 4) is 0 Å². The minimum Gasteiger partial charge on any atom is -0.381 e. The summed E-state index contributed by atoms with van der Waals surface area (Å²) in [6, 6.07) is 8.55. The summed E-state index contributed by atoms with van der Waals surface area (Å²) in [5, 5.41) is 7.73. The molecule has 1 saturated carbocycles. The van der Waals surface area contributed by atoms with Crippen LogP contribution < -0.4 is 16.0 Å². The second kappa shape index (κ2) is 11.4. The molecule has 210 valence electrons. The van der Waals surface area contributed by atoms with Gasteiger partial charge in [-0.15, -0.1) is 0 Å². The Labute approximate surface area is 234 Å². The van der Waals surface area contributed by atoms with E-state index in [1.54, 1.807) is 12.4 Å². The van der Waals surface area contributed by atoms with E-state index < -0.39 is 5.91 Å². The lowest BCUT2D eigenvalue weighted by atomic mass is 9.85. The van der Waals surface area contributed by atoms with Crippen LogP contribution in [-0.4, -0.2) is 57.2 Å². The van der Waals surface area contributed by atoms with E-state index >= 15 is 0 Å². The molecule has 3 aromatic rings. The van der Waals surface area contributed by atoms with Crippen LogP contribution in [0.25, 0.3) is 0 Å². The van der Waals surface area contributed by atoms with Crippen LogP contribution in [0.1, 0.15) is 90.2 Å². The Hall–Kier alpha value is -3.79. The largest absolute Gasteiger partial charge is 0.381 e. The van der Waals surface area contributed by atoms with Gasteiger partial charge in [-0.25, -0.2) is 9.97 Å². The molecule has 3 N–H and O–H groups in total. The minimum absolute atomic E-state index is 0.0774. The number of carbonyl (C=O) groups excluding carboxylic acids is 2. The molecular formula is C30H37N7O3. The number of nitrogens with two attached hydrogens (primary N) is 1. The number of benzene rings is 1. The fraction of sp³-hybridized carbons (Fsp3) is 0.500. The van der Waals surface area contributed by atoms with Gasteiger partial charge in [0.1, 0.15) is 5.82 Å². The van der Waals surface area contributed by atoms with Gasteiger partial charge in [-0.3, -0.25) is 14.3 Å². The third-order valence-electron chi connectivity index (χ3n) is 8.59. The number of amides is 1. The zero-order chi connectivity index (χ0) is 27.6. The number of carbonyl (C=O) groups is 2. The summed E-state index contributed by atoms with van der Waals surface area (Å²) < 4.78 is 7.39. The Morgan fingerprint density at radius 2 is 1.85 bits per heavy atom. The maximum absolute atomic E-state index is 13.2. The monoisotopic (exact) mass is 543 g/mol. The van der Waals surface area contributed by atoms with Gasteiger partial charge >= 0.3 is 0 Å². The van der Waals surface area contributed by atoms with E-state index in [9.17, 15) is 9.59 Å². The fourth-order valence-corrected chi connectivity index (χ4v) is 6.01. The number of nitrogens with zero attached hydrogens (tertiary/aromatic N) is 5. The molecule has 0 unspecified atom stereocenters. The zero-order valence-corrected chi connectivity index (χ0v) is 23.0. The number of anilines is 3. The highest BCUT2D eigenvalue weighted by Gasteiger charge is 2.32. The average molecular weight is 544 g/mol. The summed E-state index contributed by atoms with van der Waals surface area (Å²) in [7, 11) is 0. The van der Waals surface area contributed by atoms with Crippen molar-refractivity contribution < 1.29 is 14.3 Å². The molecular weight excluding hydrogens is 506 g/mol. The number of piperidine rings is 1. The molecule has 3 aliphatic rings. The Morgan fingerprint density at radius 1 is 1.07 bits per heavy atom. The number of ether oxygens (including phenoxy) is 1. The van der Waals surface area contributed by atoms with Crippen molar-refractivity contribution in [3.63, 3.8) is 0 Å². The van der Waals surface area contributed by atoms with Crippen LogP contribution >= 0.6 is 0 Å². The predicted molar refractivity (Wildman–Crippen MR) is 152 cm³/mol. The van der Waals surface area contributed by atoms with Crippen LogP contribution in [-0.2, 0) is 4.74 Å². The molecule has 4 heterocycles. The van der Waals surface area contributed by atoms with Crippen molar-refractivity contribution in [1.82, 2.24) is 19.7 Å². The maximum Gasteiger partial charge on any atom is 0.271 e. The molecule has 2 saturated heterocycles. The highest BCUT2D eigenvalue weighted by Crippen LogP contribution is 2.40. The lowest BCUT2D eigenvalue weighted by Gasteiger charge is -2.40. The number of hydrogen-bond acceptors (Lipinski definition) is 8. The first-order valence-electron chi connectivity index (χ1n) is 14.4. The van der Waals surface area contributed by atoms with Crippen LogP contribution in [0.15, 0.2) is 42.9 Å². The third kappa shape index (κ3) is 5.72. The number of primary amides is 1. The first-order valence-corrected chi connectivity index (χ1v) is 14.4. The van der Waals surface area contributed by atoms with Crippen molar-refractivity contribution >= 4 is 29.0 Å². The van der Waals surface area contributed by atoms with Crippen LogP contribution in [0.2, 0.25) is 0 Å². The number of Topliss-reactive ketones (excluding diaryl/α,β-unsaturated/α-hetero) is 1. The Bertz CT molecular complexity index is 1360. The van der Waals surface area contributed by atoms with Crippen molar-refractivity contribution in [2.45, 2.75) is 69.9 Å². The molecule has 1 aliphatic carbocycles. The predicted octanol–water partition coefficient (Wildman–Crippen LogP) is 4.62. The molecule has 1 amide bonds. The Kier molecular flexibility index (Phi) is 7.51. The van der Waals surface area contributed by atoms with Crippen molar-refractivity contribution in [1.29, 1.82) is 0 Å². The first-order chi connectivity index (χ1) is 19.5. The van der Waals surface area contributed by atoms with Crippen molar-refractivity contribution in [3.05, 3.63) is 59.7 Å². The summed E-state index contributed by atoms with van der Waals surface area (Å²) >= 11 is 0. The summed E-state index contributed by atoms with van der Waals surface area (Å²) in [5.41, 5.74) is 8.55. The summed E-state index contributed by atoms with van der Waals surface area (Å²) in [6.07, 6.45) is 12.0. The fourth-order valence-electron chi connectivity index (χ4n) is 6.01. The zero-order valence-electron chi connectivity index (χ0n) is 23.0. The molecule has 6 rings (SSSR count). The van der Waals surface area contributed by atoms with E-state index in [-0.39, 0.29) is 29.5 Å². The van der Waals surface area contributed by atoms with Gasteiger partial charge < -0.3 is 20.7 Å². The number of ketones is 1. The molecule has 2 aliphatic heterocycles. The molecule has 0 radical (unpaired) electrons. The second-order valence-electron chi connectivity index (χ2n) is 11.3. The third-order valence-corrected chi connectivity index (χ3v) is 8.59. The first kappa shape index (κ1) is 26.4. The van der Waals surface area contributed by atoms with Gasteiger partial charge in [0.05, 0.1) is 24.1 Å². The molecule has 2 atom stereocenters. The Morgan fingerprint density at radius 3 is 2.58 bits per heavy atom. The van der Waals surface area contributed by atoms with Gasteiger partial charge in [0.15, 0.2) is 17.3 Å². The normalized spacial score (nSPS) is 21.8. The van der Waals surface area contributed by atoms with E-state index in [1.807, 2.05) is 23.0 Å². The van der Waals surface area contributed by atoms with Gasteiger partial charge in [0.2, 0.25) is 0 Å². The molecule has 40 heavy (non-hydrogen) atoms. The maximum atomic E-state index is 13.2. The van der Waals surface area contributed by atoms with Crippen LogP contribution in [0.5, 0.6) is 0 Å². The lowest BCUT2D eigenvalue weighted by Crippen LogP contribution is -2.44. The Balaban J connectivity index is 1.17. The number of aromatic nitrogens is 4. The lowest BCUT2D eigenvalue weighted by molar-refractivity contribution is 0.0662. The molecule has 10 nitrogen and oxygen atoms in total. The van der Waals surface area contributed by atoms with Crippen LogP contribution in [0, 0.1) is 5.92 Å². The van der Waals surface area contributed by atoms with Gasteiger partial charge in [-0.1, -0.05) is 24.3 Å². The van der Waals surface area contributed by atoms with Crippen LogP contribution in [0.3, 0.4) is 0 Å². The minimum atomic E-state index is -0.652. The quantitative estimate of drug-likeness (QED) is 0.374. The van der Waals surface area contributed by atoms with E-state index in [0.717, 1.165) is 51.0 Å². The second-order valence-corrected chi connectivity index (χ2v) is 11.3. The molecule has 10 heteroatoms. The van der Waals surface area contributed by atoms with Gasteiger partial charge in [0, 0.05) is 44.0 Å². The molecule has 0 spiro atoms. The number of hydrogen-bond donors (Lipinski definition) is 2. The standard InChI is InChI=1S/C30H37N7O3/c1-19-23(15-26(38)22-8-6-21(7-9-22)20-4-5-20)3-2-12-36(19)27-17-32-28(29(31)39)30(35-27)34-24-16-33-37(18-24)25-10-13-40-14-11-25/h6-9,16-20,23,25H,2-5,10-15H2,1H3,(H2,31,39)(H,34,35)/t19-,23+/m1/s1. The van der Waals surface area contributed by atoms with E-state index in [2.05, 4.69) is 39.4 Å². The molecule has 3 fully saturated rings. The molecule has 1 aromatic carbocycles. The molecule has 2 aromatic heterocycles. The topological polar surface area (TPSA) is 128 Å². The van der Waals surface area contributed by atoms with Crippen molar-refractivity contribution in [2.24, 2.45) is 11.7 Å². The highest BCUT2D eigenvalue weighted by molar-refractivity contribution is 5.97. The van der Waals surface area contributed by atoms with E-state index in [1.165, 1.54) is 18.4 Å². The number of nitrogens with one attached hydrogen (secondary N) is 1.